The Morgan fingerprint density at radius 3 is 2.22 bits per heavy atom. The monoisotopic (exact) mass is 263 g/mol. The summed E-state index contributed by atoms with van der Waals surface area (Å²) < 4.78 is 0. The number of azide groups is 1. The lowest BCUT2D eigenvalue weighted by Crippen LogP contribution is -2.61. The molecule has 0 radical (unpaired) electrons. The summed E-state index contributed by atoms with van der Waals surface area (Å²) in [5.41, 5.74) is 4.85. The highest BCUT2D eigenvalue weighted by Gasteiger charge is 2.51. The van der Waals surface area contributed by atoms with E-state index in [-0.39, 0.29) is 0 Å². The first-order valence-corrected chi connectivity index (χ1v) is 4.71. The summed E-state index contributed by atoms with van der Waals surface area (Å²) in [6, 6.07) is 0. The molecular weight excluding hydrogens is 250 g/mol. The number of rotatable bonds is 6. The van der Waals surface area contributed by atoms with Crippen LogP contribution in [0.4, 0.5) is 0 Å². The van der Waals surface area contributed by atoms with E-state index in [1.807, 2.05) is 4.91 Å². The van der Waals surface area contributed by atoms with E-state index in [1.54, 1.807) is 0 Å². The van der Waals surface area contributed by atoms with Crippen LogP contribution in [0.1, 0.15) is 6.92 Å². The maximum Gasteiger partial charge on any atom is 0.260 e. The number of carbonyl (C=O) groups excluding carboxylic acids is 2. The van der Waals surface area contributed by atoms with E-state index in [2.05, 4.69) is 5.11 Å². The Morgan fingerprint density at radius 1 is 1.39 bits per heavy atom. The normalized spacial score (nSPS) is 19.0. The summed E-state index contributed by atoms with van der Waals surface area (Å²) in [6.45, 7) is -0.270. The maximum absolute atomic E-state index is 11.3. The molecular formula is C8H13N3O7. The average molecular weight is 263 g/mol. The highest BCUT2D eigenvalue weighted by Crippen LogP contribution is 2.19. The van der Waals surface area contributed by atoms with Crippen LogP contribution < -0.4 is 0 Å². The van der Waals surface area contributed by atoms with Crippen LogP contribution in [0.3, 0.4) is 0 Å². The molecule has 0 aromatic rings. The van der Waals surface area contributed by atoms with Gasteiger partial charge in [-0.2, -0.15) is 0 Å². The molecule has 10 heteroatoms. The summed E-state index contributed by atoms with van der Waals surface area (Å²) in [4.78, 5) is 24.5. The number of hydrogen-bond acceptors (Lipinski definition) is 7. The van der Waals surface area contributed by atoms with E-state index in [9.17, 15) is 24.9 Å². The number of Topliss-reactive ketones (excluding diaryl/α,β-unsaturated/α-hetero) is 1. The number of ketones is 1. The first kappa shape index (κ1) is 16.4. The number of hydrogen-bond donors (Lipinski definition) is 5. The zero-order chi connectivity index (χ0) is 14.5. The second kappa shape index (κ2) is 6.40. The molecule has 0 unspecified atom stereocenters. The molecule has 1 amide bonds. The number of amides is 1. The lowest BCUT2D eigenvalue weighted by Gasteiger charge is -2.32. The van der Waals surface area contributed by atoms with Crippen LogP contribution >= 0.6 is 0 Å². The van der Waals surface area contributed by atoms with Crippen molar-refractivity contribution >= 4 is 11.7 Å². The quantitative estimate of drug-likeness (QED) is 0.148. The molecule has 0 saturated heterocycles. The van der Waals surface area contributed by atoms with Gasteiger partial charge < -0.3 is 25.5 Å². The van der Waals surface area contributed by atoms with Gasteiger partial charge in [0.1, 0.15) is 18.3 Å². The van der Waals surface area contributed by atoms with Crippen molar-refractivity contribution in [1.29, 1.82) is 0 Å². The molecule has 0 aliphatic rings. The van der Waals surface area contributed by atoms with Crippen molar-refractivity contribution in [2.75, 3.05) is 6.61 Å². The van der Waals surface area contributed by atoms with Crippen LogP contribution in [0.25, 0.3) is 10.4 Å². The Morgan fingerprint density at radius 2 is 1.89 bits per heavy atom. The predicted octanol–water partition coefficient (Wildman–Crippen LogP) is -2.78. The molecule has 10 nitrogen and oxygen atoms in total. The van der Waals surface area contributed by atoms with Gasteiger partial charge in [0, 0.05) is 4.91 Å². The third-order valence-electron chi connectivity index (χ3n) is 2.33. The largest absolute Gasteiger partial charge is 0.394 e. The highest BCUT2D eigenvalue weighted by molar-refractivity contribution is 6.09. The fraction of sp³-hybridized carbons (Fsp3) is 0.750. The Balaban J connectivity index is 5.42. The molecule has 0 bridgehead atoms. The second-order valence-corrected chi connectivity index (χ2v) is 3.50. The first-order chi connectivity index (χ1) is 8.23. The standard InChI is InChI=1S/C8H13N3O7/c1-3(13)8(18,7(17)10-11-9)6(16)5(15)4(14)2-12/h4-6,12,14-16,18H,2H2,1H3/t4-,5+,6+,8-/m1/s1. The van der Waals surface area contributed by atoms with Gasteiger partial charge in [0.2, 0.25) is 5.60 Å². The van der Waals surface area contributed by atoms with Crippen molar-refractivity contribution in [3.8, 4) is 0 Å². The lowest BCUT2D eigenvalue weighted by atomic mass is 9.86. The van der Waals surface area contributed by atoms with Crippen molar-refractivity contribution < 1.29 is 35.1 Å². The first-order valence-electron chi connectivity index (χ1n) is 4.71. The van der Waals surface area contributed by atoms with Crippen LogP contribution in [0.2, 0.25) is 0 Å². The third-order valence-corrected chi connectivity index (χ3v) is 2.33. The summed E-state index contributed by atoms with van der Waals surface area (Å²) in [7, 11) is 0. The van der Waals surface area contributed by atoms with Gasteiger partial charge >= 0.3 is 0 Å². The van der Waals surface area contributed by atoms with Crippen LogP contribution in [-0.2, 0) is 9.59 Å². The summed E-state index contributed by atoms with van der Waals surface area (Å²) in [6.07, 6.45) is -6.55. The Kier molecular flexibility index (Phi) is 5.85. The molecule has 0 aliphatic carbocycles. The van der Waals surface area contributed by atoms with Crippen molar-refractivity contribution in [1.82, 2.24) is 0 Å². The Hall–Kier alpha value is -1.55. The van der Waals surface area contributed by atoms with Gasteiger partial charge in [0.05, 0.1) is 6.61 Å². The topological polar surface area (TPSA) is 184 Å². The van der Waals surface area contributed by atoms with Gasteiger partial charge in [0.15, 0.2) is 5.78 Å². The molecule has 0 saturated carbocycles. The van der Waals surface area contributed by atoms with E-state index in [1.165, 1.54) is 0 Å². The van der Waals surface area contributed by atoms with E-state index in [0.29, 0.717) is 6.92 Å². The van der Waals surface area contributed by atoms with E-state index < -0.39 is 42.2 Å². The molecule has 0 aliphatic heterocycles. The Bertz CT molecular complexity index is 381. The summed E-state index contributed by atoms with van der Waals surface area (Å²) >= 11 is 0. The maximum atomic E-state index is 11.3. The van der Waals surface area contributed by atoms with Crippen molar-refractivity contribution in [2.45, 2.75) is 30.8 Å². The zero-order valence-corrected chi connectivity index (χ0v) is 9.33. The number of nitrogens with zero attached hydrogens (tertiary/aromatic N) is 3. The van der Waals surface area contributed by atoms with E-state index in [4.69, 9.17) is 15.7 Å². The molecule has 102 valence electrons. The molecule has 0 aromatic carbocycles. The molecule has 0 heterocycles. The van der Waals surface area contributed by atoms with E-state index >= 15 is 0 Å². The lowest BCUT2D eigenvalue weighted by molar-refractivity contribution is -0.179. The summed E-state index contributed by atoms with van der Waals surface area (Å²) in [5, 5.41) is 48.6. The zero-order valence-electron chi connectivity index (χ0n) is 9.33. The molecule has 5 N–H and O–H groups in total. The molecule has 4 atom stereocenters. The van der Waals surface area contributed by atoms with Crippen LogP contribution in [0.15, 0.2) is 5.11 Å². The SMILES string of the molecule is CC(=O)[C@](O)(C(=O)N=[N+]=[N-])[C@@H](O)[C@@H](O)[C@H](O)CO. The fourth-order valence-corrected chi connectivity index (χ4v) is 1.17. The molecule has 0 fully saturated rings. The van der Waals surface area contributed by atoms with Crippen LogP contribution in [0, 0.1) is 0 Å². The molecule has 0 aromatic heterocycles. The van der Waals surface area contributed by atoms with Gasteiger partial charge in [-0.1, -0.05) is 0 Å². The van der Waals surface area contributed by atoms with E-state index in [0.717, 1.165) is 0 Å². The molecule has 0 rings (SSSR count). The highest BCUT2D eigenvalue weighted by atomic mass is 16.4. The average Bonchev–Trinajstić information content (AvgIpc) is 2.34. The van der Waals surface area contributed by atoms with Crippen molar-refractivity contribution in [3.05, 3.63) is 10.4 Å². The fourth-order valence-electron chi connectivity index (χ4n) is 1.17. The minimum atomic E-state index is -3.19. The smallest absolute Gasteiger partial charge is 0.260 e. The second-order valence-electron chi connectivity index (χ2n) is 3.50. The van der Waals surface area contributed by atoms with Gasteiger partial charge in [-0.15, -0.1) is 0 Å². The van der Waals surface area contributed by atoms with Gasteiger partial charge in [-0.05, 0) is 17.6 Å². The predicted molar refractivity (Wildman–Crippen MR) is 54.9 cm³/mol. The number of aliphatic hydroxyl groups is 5. The van der Waals surface area contributed by atoms with Gasteiger partial charge in [-0.25, -0.2) is 0 Å². The van der Waals surface area contributed by atoms with Crippen molar-refractivity contribution in [2.24, 2.45) is 5.11 Å². The van der Waals surface area contributed by atoms with Gasteiger partial charge in [0.25, 0.3) is 5.91 Å². The third kappa shape index (κ3) is 3.01. The molecule has 0 spiro atoms. The minimum absolute atomic E-state index is 0.714. The Labute approximate surface area is 101 Å². The number of carbonyl (C=O) groups is 2. The van der Waals surface area contributed by atoms with Gasteiger partial charge in [-0.3, -0.25) is 9.59 Å². The van der Waals surface area contributed by atoms with Crippen LogP contribution in [-0.4, -0.2) is 67.7 Å². The number of aliphatic hydroxyl groups excluding tert-OH is 4. The summed E-state index contributed by atoms with van der Waals surface area (Å²) in [5.74, 6) is -3.02. The van der Waals surface area contributed by atoms with Crippen molar-refractivity contribution in [3.63, 3.8) is 0 Å². The molecule has 18 heavy (non-hydrogen) atoms. The minimum Gasteiger partial charge on any atom is -0.394 e. The van der Waals surface area contributed by atoms with Crippen LogP contribution in [0.5, 0.6) is 0 Å².